The molecule has 4 heteroatoms. The summed E-state index contributed by atoms with van der Waals surface area (Å²) in [6.45, 7) is 2.47. The monoisotopic (exact) mass is 290 g/mol. The van der Waals surface area contributed by atoms with Crippen molar-refractivity contribution in [1.82, 2.24) is 0 Å². The fraction of sp³-hybridized carbons (Fsp3) is 0.455. The van der Waals surface area contributed by atoms with Gasteiger partial charge in [0.1, 0.15) is 0 Å². The summed E-state index contributed by atoms with van der Waals surface area (Å²) in [6, 6.07) is 7.92. The van der Waals surface area contributed by atoms with Gasteiger partial charge in [-0.3, -0.25) is 0 Å². The molecule has 0 saturated carbocycles. The molecule has 82 valence electrons. The molecule has 0 spiro atoms. The van der Waals surface area contributed by atoms with Gasteiger partial charge in [-0.2, -0.15) is 0 Å². The van der Waals surface area contributed by atoms with Gasteiger partial charge in [0.2, 0.25) is 0 Å². The molecule has 0 aromatic heterocycles. The van der Waals surface area contributed by atoms with E-state index in [1.165, 1.54) is 0 Å². The number of hydrogen-bond donors (Lipinski definition) is 0. The van der Waals surface area contributed by atoms with E-state index in [1.807, 2.05) is 31.2 Å². The Balaban J connectivity index is 2.20. The molecule has 1 saturated heterocycles. The molecule has 1 aromatic carbocycles. The number of hydrogen-bond acceptors (Lipinski definition) is 2. The number of alkyl halides is 1. The van der Waals surface area contributed by atoms with Crippen LogP contribution in [0.25, 0.3) is 0 Å². The number of halogens is 2. The van der Waals surface area contributed by atoms with Crippen LogP contribution in [-0.2, 0) is 15.3 Å². The Kier molecular flexibility index (Phi) is 3.36. The fourth-order valence-corrected chi connectivity index (χ4v) is 2.03. The Morgan fingerprint density at radius 3 is 2.67 bits per heavy atom. The highest BCUT2D eigenvalue weighted by molar-refractivity contribution is 9.10. The van der Waals surface area contributed by atoms with Crippen molar-refractivity contribution >= 4 is 27.5 Å². The van der Waals surface area contributed by atoms with Gasteiger partial charge < -0.3 is 9.47 Å². The summed E-state index contributed by atoms with van der Waals surface area (Å²) in [5, 5.41) is 0. The minimum atomic E-state index is -0.653. The van der Waals surface area contributed by atoms with E-state index < -0.39 is 5.79 Å². The van der Waals surface area contributed by atoms with Crippen molar-refractivity contribution in [2.45, 2.75) is 18.8 Å². The molecule has 15 heavy (non-hydrogen) atoms. The molecule has 1 aromatic rings. The van der Waals surface area contributed by atoms with Gasteiger partial charge in [-0.05, 0) is 19.1 Å². The largest absolute Gasteiger partial charge is 0.343 e. The smallest absolute Gasteiger partial charge is 0.192 e. The standard InChI is InChI=1S/C11H12BrClO2/c1-11(14-7-10(6-13)15-11)8-2-4-9(12)5-3-8/h2-5,10H,6-7H2,1H3. The van der Waals surface area contributed by atoms with Crippen LogP contribution in [0.15, 0.2) is 28.7 Å². The van der Waals surface area contributed by atoms with Gasteiger partial charge in [-0.1, -0.05) is 28.1 Å². The number of benzene rings is 1. The van der Waals surface area contributed by atoms with E-state index in [2.05, 4.69) is 15.9 Å². The van der Waals surface area contributed by atoms with Crippen molar-refractivity contribution in [3.63, 3.8) is 0 Å². The van der Waals surface area contributed by atoms with Gasteiger partial charge in [0.15, 0.2) is 5.79 Å². The second-order valence-electron chi connectivity index (χ2n) is 3.66. The van der Waals surface area contributed by atoms with E-state index in [0.717, 1.165) is 10.0 Å². The lowest BCUT2D eigenvalue weighted by molar-refractivity contribution is -0.159. The summed E-state index contributed by atoms with van der Waals surface area (Å²) >= 11 is 9.13. The van der Waals surface area contributed by atoms with Crippen LogP contribution in [0.1, 0.15) is 12.5 Å². The first kappa shape index (κ1) is 11.4. The van der Waals surface area contributed by atoms with Crippen LogP contribution in [0.2, 0.25) is 0 Å². The summed E-state index contributed by atoms with van der Waals surface area (Å²) in [5.41, 5.74) is 1.01. The lowest BCUT2D eigenvalue weighted by Crippen LogP contribution is -2.24. The van der Waals surface area contributed by atoms with Gasteiger partial charge in [0.25, 0.3) is 0 Å². The number of rotatable bonds is 2. The topological polar surface area (TPSA) is 18.5 Å². The van der Waals surface area contributed by atoms with Gasteiger partial charge >= 0.3 is 0 Å². The van der Waals surface area contributed by atoms with Gasteiger partial charge in [0, 0.05) is 10.0 Å². The predicted molar refractivity (Wildman–Crippen MR) is 63.0 cm³/mol. The number of ether oxygens (including phenoxy) is 2. The van der Waals surface area contributed by atoms with E-state index in [1.54, 1.807) is 0 Å². The van der Waals surface area contributed by atoms with Crippen molar-refractivity contribution in [2.75, 3.05) is 12.5 Å². The van der Waals surface area contributed by atoms with Crippen LogP contribution >= 0.6 is 27.5 Å². The van der Waals surface area contributed by atoms with Crippen LogP contribution < -0.4 is 0 Å². The molecule has 1 heterocycles. The Morgan fingerprint density at radius 1 is 1.47 bits per heavy atom. The van der Waals surface area contributed by atoms with Crippen molar-refractivity contribution in [3.8, 4) is 0 Å². The fourth-order valence-electron chi connectivity index (χ4n) is 1.62. The molecule has 0 aliphatic carbocycles. The van der Waals surface area contributed by atoms with Crippen molar-refractivity contribution in [1.29, 1.82) is 0 Å². The average molecular weight is 292 g/mol. The van der Waals surface area contributed by atoms with Crippen molar-refractivity contribution in [2.24, 2.45) is 0 Å². The zero-order valence-corrected chi connectivity index (χ0v) is 10.7. The second-order valence-corrected chi connectivity index (χ2v) is 4.88. The molecule has 0 amide bonds. The van der Waals surface area contributed by atoms with Crippen molar-refractivity contribution in [3.05, 3.63) is 34.3 Å². The van der Waals surface area contributed by atoms with Crippen molar-refractivity contribution < 1.29 is 9.47 Å². The highest BCUT2D eigenvalue weighted by Gasteiger charge is 2.38. The Hall–Kier alpha value is -0.0900. The summed E-state index contributed by atoms with van der Waals surface area (Å²) in [7, 11) is 0. The SMILES string of the molecule is CC1(c2ccc(Br)cc2)OCC(CCl)O1. The second kappa shape index (κ2) is 4.42. The normalized spacial score (nSPS) is 30.7. The van der Waals surface area contributed by atoms with Crippen LogP contribution in [0.5, 0.6) is 0 Å². The molecule has 0 N–H and O–H groups in total. The first-order chi connectivity index (χ1) is 7.14. The summed E-state index contributed by atoms with van der Waals surface area (Å²) in [4.78, 5) is 0. The molecular formula is C11H12BrClO2. The molecule has 2 nitrogen and oxygen atoms in total. The van der Waals surface area contributed by atoms with Crippen LogP contribution in [0.4, 0.5) is 0 Å². The molecule has 2 rings (SSSR count). The van der Waals surface area contributed by atoms with Gasteiger partial charge in [-0.25, -0.2) is 0 Å². The predicted octanol–water partition coefficient (Wildman–Crippen LogP) is 3.28. The minimum absolute atomic E-state index is 0.0136. The first-order valence-corrected chi connectivity index (χ1v) is 6.10. The van der Waals surface area contributed by atoms with E-state index in [9.17, 15) is 0 Å². The maximum absolute atomic E-state index is 5.75. The average Bonchev–Trinajstić information content (AvgIpc) is 2.62. The van der Waals surface area contributed by atoms with E-state index in [4.69, 9.17) is 21.1 Å². The van der Waals surface area contributed by atoms with Gasteiger partial charge in [-0.15, -0.1) is 11.6 Å². The molecule has 1 fully saturated rings. The highest BCUT2D eigenvalue weighted by atomic mass is 79.9. The Morgan fingerprint density at radius 2 is 2.13 bits per heavy atom. The Labute approximate surface area is 103 Å². The summed E-state index contributed by atoms with van der Waals surface area (Å²) in [6.07, 6.45) is -0.0136. The molecule has 0 bridgehead atoms. The van der Waals surface area contributed by atoms with Crippen LogP contribution in [-0.4, -0.2) is 18.6 Å². The zero-order chi connectivity index (χ0) is 10.9. The van der Waals surface area contributed by atoms with Crippen LogP contribution in [0.3, 0.4) is 0 Å². The third-order valence-electron chi connectivity index (χ3n) is 2.48. The lowest BCUT2D eigenvalue weighted by atomic mass is 10.1. The third kappa shape index (κ3) is 2.36. The summed E-state index contributed by atoms with van der Waals surface area (Å²) < 4.78 is 12.4. The molecule has 1 aliphatic heterocycles. The van der Waals surface area contributed by atoms with E-state index in [0.29, 0.717) is 12.5 Å². The van der Waals surface area contributed by atoms with E-state index in [-0.39, 0.29) is 6.10 Å². The maximum Gasteiger partial charge on any atom is 0.192 e. The van der Waals surface area contributed by atoms with E-state index >= 15 is 0 Å². The lowest BCUT2D eigenvalue weighted by Gasteiger charge is -2.23. The summed E-state index contributed by atoms with van der Waals surface area (Å²) in [5.74, 6) is -0.188. The molecular weight excluding hydrogens is 279 g/mol. The highest BCUT2D eigenvalue weighted by Crippen LogP contribution is 2.34. The maximum atomic E-state index is 5.75. The Bertz CT molecular complexity index is 341. The molecule has 1 aliphatic rings. The van der Waals surface area contributed by atoms with Crippen LogP contribution in [0, 0.1) is 0 Å². The zero-order valence-electron chi connectivity index (χ0n) is 8.37. The molecule has 2 unspecified atom stereocenters. The first-order valence-electron chi connectivity index (χ1n) is 4.78. The molecule has 2 atom stereocenters. The quantitative estimate of drug-likeness (QED) is 0.779. The molecule has 0 radical (unpaired) electrons. The van der Waals surface area contributed by atoms with Gasteiger partial charge in [0.05, 0.1) is 18.6 Å². The minimum Gasteiger partial charge on any atom is -0.343 e. The third-order valence-corrected chi connectivity index (χ3v) is 3.35.